The van der Waals surface area contributed by atoms with E-state index in [-0.39, 0.29) is 19.3 Å². The summed E-state index contributed by atoms with van der Waals surface area (Å²) in [5, 5.41) is 9.10. The molecule has 0 radical (unpaired) electrons. The lowest BCUT2D eigenvalue weighted by atomic mass is 9.74. The van der Waals surface area contributed by atoms with E-state index in [4.69, 9.17) is 5.11 Å². The van der Waals surface area contributed by atoms with E-state index in [9.17, 15) is 13.6 Å². The molecule has 1 fully saturated rings. The summed E-state index contributed by atoms with van der Waals surface area (Å²) in [7, 11) is 0. The SMILES string of the molecule is O=C(O)[C@H]1CCC(F)(F)C[C@@H]1c1ccccc1. The lowest BCUT2D eigenvalue weighted by Gasteiger charge is -2.34. The Morgan fingerprint density at radius 1 is 1.29 bits per heavy atom. The van der Waals surface area contributed by atoms with E-state index in [0.717, 1.165) is 0 Å². The average molecular weight is 240 g/mol. The van der Waals surface area contributed by atoms with Crippen LogP contribution in [0.25, 0.3) is 0 Å². The molecule has 0 spiro atoms. The van der Waals surface area contributed by atoms with Gasteiger partial charge in [0.15, 0.2) is 0 Å². The van der Waals surface area contributed by atoms with Crippen LogP contribution in [0.15, 0.2) is 30.3 Å². The Kier molecular flexibility index (Phi) is 3.13. The topological polar surface area (TPSA) is 37.3 Å². The van der Waals surface area contributed by atoms with Crippen molar-refractivity contribution in [2.45, 2.75) is 31.1 Å². The fraction of sp³-hybridized carbons (Fsp3) is 0.462. The maximum Gasteiger partial charge on any atom is 0.307 e. The van der Waals surface area contributed by atoms with E-state index < -0.39 is 23.7 Å². The maximum atomic E-state index is 13.4. The molecule has 2 nitrogen and oxygen atoms in total. The third-order valence-corrected chi connectivity index (χ3v) is 3.37. The molecule has 0 aromatic heterocycles. The van der Waals surface area contributed by atoms with Crippen LogP contribution < -0.4 is 0 Å². The zero-order valence-electron chi connectivity index (χ0n) is 9.27. The first kappa shape index (κ1) is 12.0. The standard InChI is InChI=1S/C13H14F2O2/c14-13(15)7-6-10(12(16)17)11(8-13)9-4-2-1-3-5-9/h1-5,10-11H,6-8H2,(H,16,17)/t10-,11+/m0/s1. The van der Waals surface area contributed by atoms with Crippen LogP contribution in [-0.2, 0) is 4.79 Å². The summed E-state index contributed by atoms with van der Waals surface area (Å²) in [5.41, 5.74) is 0.694. The smallest absolute Gasteiger partial charge is 0.307 e. The van der Waals surface area contributed by atoms with E-state index in [1.165, 1.54) is 0 Å². The van der Waals surface area contributed by atoms with Crippen LogP contribution in [0.5, 0.6) is 0 Å². The van der Waals surface area contributed by atoms with Gasteiger partial charge in [-0.25, -0.2) is 8.78 Å². The van der Waals surface area contributed by atoms with Gasteiger partial charge in [0.05, 0.1) is 5.92 Å². The minimum absolute atomic E-state index is 0.0435. The molecule has 1 saturated carbocycles. The van der Waals surface area contributed by atoms with Gasteiger partial charge in [-0.2, -0.15) is 0 Å². The van der Waals surface area contributed by atoms with E-state index >= 15 is 0 Å². The third-order valence-electron chi connectivity index (χ3n) is 3.37. The summed E-state index contributed by atoms with van der Waals surface area (Å²) in [6.45, 7) is 0. The number of rotatable bonds is 2. The molecule has 2 rings (SSSR count). The number of hydrogen-bond acceptors (Lipinski definition) is 1. The summed E-state index contributed by atoms with van der Waals surface area (Å²) in [6, 6.07) is 8.74. The van der Waals surface area contributed by atoms with Crippen LogP contribution in [-0.4, -0.2) is 17.0 Å². The second-order valence-corrected chi connectivity index (χ2v) is 4.56. The quantitative estimate of drug-likeness (QED) is 0.861. The Morgan fingerprint density at radius 3 is 2.53 bits per heavy atom. The fourth-order valence-electron chi connectivity index (χ4n) is 2.48. The molecule has 1 aromatic rings. The molecular weight excluding hydrogens is 226 g/mol. The molecule has 17 heavy (non-hydrogen) atoms. The van der Waals surface area contributed by atoms with Gasteiger partial charge in [0, 0.05) is 18.8 Å². The summed E-state index contributed by atoms with van der Waals surface area (Å²) in [6.07, 6.45) is -0.650. The second-order valence-electron chi connectivity index (χ2n) is 4.56. The molecule has 1 aromatic carbocycles. The van der Waals surface area contributed by atoms with Crippen LogP contribution in [0, 0.1) is 5.92 Å². The first-order valence-electron chi connectivity index (χ1n) is 5.65. The Labute approximate surface area is 98.3 Å². The molecule has 1 aliphatic carbocycles. The van der Waals surface area contributed by atoms with Crippen LogP contribution in [0.3, 0.4) is 0 Å². The van der Waals surface area contributed by atoms with Gasteiger partial charge in [-0.05, 0) is 12.0 Å². The first-order valence-corrected chi connectivity index (χ1v) is 5.65. The first-order chi connectivity index (χ1) is 7.99. The largest absolute Gasteiger partial charge is 0.481 e. The number of aliphatic carboxylic acids is 1. The monoisotopic (exact) mass is 240 g/mol. The van der Waals surface area contributed by atoms with Crippen LogP contribution >= 0.6 is 0 Å². The van der Waals surface area contributed by atoms with Gasteiger partial charge in [0.1, 0.15) is 0 Å². The molecule has 4 heteroatoms. The predicted octanol–water partition coefficient (Wildman–Crippen LogP) is 3.29. The summed E-state index contributed by atoms with van der Waals surface area (Å²) in [4.78, 5) is 11.1. The van der Waals surface area contributed by atoms with Gasteiger partial charge < -0.3 is 5.11 Å². The van der Waals surface area contributed by atoms with Gasteiger partial charge in [0.25, 0.3) is 0 Å². The number of halogens is 2. The zero-order valence-corrected chi connectivity index (χ0v) is 9.27. The molecular formula is C13H14F2O2. The van der Waals surface area contributed by atoms with E-state index in [0.29, 0.717) is 5.56 Å². The Morgan fingerprint density at radius 2 is 1.94 bits per heavy atom. The highest BCUT2D eigenvalue weighted by atomic mass is 19.3. The molecule has 0 saturated heterocycles. The highest BCUT2D eigenvalue weighted by molar-refractivity contribution is 5.71. The van der Waals surface area contributed by atoms with Crippen LogP contribution in [0.4, 0.5) is 8.78 Å². The van der Waals surface area contributed by atoms with E-state index in [1.807, 2.05) is 0 Å². The fourth-order valence-corrected chi connectivity index (χ4v) is 2.48. The Balaban J connectivity index is 2.29. The minimum Gasteiger partial charge on any atom is -0.481 e. The van der Waals surface area contributed by atoms with Crippen molar-refractivity contribution < 1.29 is 18.7 Å². The highest BCUT2D eigenvalue weighted by Crippen LogP contribution is 2.45. The summed E-state index contributed by atoms with van der Waals surface area (Å²) >= 11 is 0. The number of alkyl halides is 2. The molecule has 0 bridgehead atoms. The maximum absolute atomic E-state index is 13.4. The predicted molar refractivity (Wildman–Crippen MR) is 59.1 cm³/mol. The Bertz CT molecular complexity index is 403. The van der Waals surface area contributed by atoms with Crippen molar-refractivity contribution in [2.75, 3.05) is 0 Å². The zero-order chi connectivity index (χ0) is 12.5. The van der Waals surface area contributed by atoms with Gasteiger partial charge in [-0.1, -0.05) is 30.3 Å². The van der Waals surface area contributed by atoms with Crippen LogP contribution in [0.1, 0.15) is 30.7 Å². The van der Waals surface area contributed by atoms with Crippen molar-refractivity contribution in [3.63, 3.8) is 0 Å². The number of benzene rings is 1. The third kappa shape index (κ3) is 2.62. The lowest BCUT2D eigenvalue weighted by Crippen LogP contribution is -2.35. The normalized spacial score (nSPS) is 27.6. The highest BCUT2D eigenvalue weighted by Gasteiger charge is 2.44. The van der Waals surface area contributed by atoms with Crippen molar-refractivity contribution in [1.29, 1.82) is 0 Å². The molecule has 2 atom stereocenters. The number of carboxylic acids is 1. The van der Waals surface area contributed by atoms with Crippen molar-refractivity contribution in [2.24, 2.45) is 5.92 Å². The van der Waals surface area contributed by atoms with Crippen molar-refractivity contribution in [1.82, 2.24) is 0 Å². The van der Waals surface area contributed by atoms with Gasteiger partial charge in [0.2, 0.25) is 5.92 Å². The molecule has 0 unspecified atom stereocenters. The molecule has 1 aliphatic rings. The molecule has 0 aliphatic heterocycles. The molecule has 0 heterocycles. The molecule has 92 valence electrons. The summed E-state index contributed by atoms with van der Waals surface area (Å²) < 4.78 is 26.8. The van der Waals surface area contributed by atoms with Crippen molar-refractivity contribution >= 4 is 5.97 Å². The van der Waals surface area contributed by atoms with Crippen LogP contribution in [0.2, 0.25) is 0 Å². The van der Waals surface area contributed by atoms with E-state index in [2.05, 4.69) is 0 Å². The number of carbonyl (C=O) groups is 1. The lowest BCUT2D eigenvalue weighted by molar-refractivity contribution is -0.147. The number of carboxylic acid groups (broad SMARTS) is 1. The van der Waals surface area contributed by atoms with Crippen molar-refractivity contribution in [3.05, 3.63) is 35.9 Å². The minimum atomic E-state index is -2.74. The molecule has 1 N–H and O–H groups in total. The second kappa shape index (κ2) is 4.43. The van der Waals surface area contributed by atoms with Gasteiger partial charge in [-0.3, -0.25) is 4.79 Å². The van der Waals surface area contributed by atoms with Gasteiger partial charge in [-0.15, -0.1) is 0 Å². The van der Waals surface area contributed by atoms with E-state index in [1.54, 1.807) is 30.3 Å². The van der Waals surface area contributed by atoms with Crippen molar-refractivity contribution in [3.8, 4) is 0 Å². The number of hydrogen-bond donors (Lipinski definition) is 1. The Hall–Kier alpha value is -1.45. The molecule has 0 amide bonds. The average Bonchev–Trinajstić information content (AvgIpc) is 2.28. The van der Waals surface area contributed by atoms with Gasteiger partial charge >= 0.3 is 5.97 Å². The summed E-state index contributed by atoms with van der Waals surface area (Å²) in [5.74, 6) is -5.00.